The van der Waals surface area contributed by atoms with Crippen molar-refractivity contribution in [3.8, 4) is 0 Å². The molecule has 3 heteroatoms. The molecule has 1 aliphatic rings. The standard InChI is InChI=1S/C13H15ClO2/c1-16-13(15)10-6-9-4-2-3-5-12(9)11(7-10)8-14/h2-5,10-11H,6-8H2,1H3/t10-,11+/m1/s1. The number of carbonyl (C=O) groups is 1. The van der Waals surface area contributed by atoms with Gasteiger partial charge >= 0.3 is 5.97 Å². The molecule has 0 radical (unpaired) electrons. The smallest absolute Gasteiger partial charge is 0.309 e. The van der Waals surface area contributed by atoms with Crippen LogP contribution in [-0.2, 0) is 16.0 Å². The third-order valence-corrected chi connectivity index (χ3v) is 3.62. The summed E-state index contributed by atoms with van der Waals surface area (Å²) in [6, 6.07) is 8.21. The van der Waals surface area contributed by atoms with Crippen molar-refractivity contribution in [3.05, 3.63) is 35.4 Å². The maximum atomic E-state index is 11.6. The van der Waals surface area contributed by atoms with Gasteiger partial charge in [-0.25, -0.2) is 0 Å². The zero-order valence-electron chi connectivity index (χ0n) is 9.28. The van der Waals surface area contributed by atoms with Crippen LogP contribution in [0.2, 0.25) is 0 Å². The molecule has 1 aromatic rings. The fourth-order valence-electron chi connectivity index (χ4n) is 2.43. The Morgan fingerprint density at radius 2 is 2.25 bits per heavy atom. The molecular weight excluding hydrogens is 224 g/mol. The first kappa shape index (κ1) is 11.5. The molecule has 0 unspecified atom stereocenters. The van der Waals surface area contributed by atoms with Gasteiger partial charge < -0.3 is 4.74 Å². The van der Waals surface area contributed by atoms with E-state index in [1.807, 2.05) is 12.1 Å². The molecule has 0 N–H and O–H groups in total. The molecule has 0 aromatic heterocycles. The van der Waals surface area contributed by atoms with E-state index in [2.05, 4.69) is 12.1 Å². The molecular formula is C13H15ClO2. The minimum absolute atomic E-state index is 0.0383. The van der Waals surface area contributed by atoms with Crippen LogP contribution in [0.1, 0.15) is 23.5 Å². The van der Waals surface area contributed by atoms with Gasteiger partial charge in [0.2, 0.25) is 0 Å². The van der Waals surface area contributed by atoms with Crippen molar-refractivity contribution in [2.75, 3.05) is 13.0 Å². The zero-order chi connectivity index (χ0) is 11.5. The van der Waals surface area contributed by atoms with Crippen molar-refractivity contribution in [3.63, 3.8) is 0 Å². The third-order valence-electron chi connectivity index (χ3n) is 3.25. The second-order valence-corrected chi connectivity index (χ2v) is 4.52. The Hall–Kier alpha value is -1.02. The van der Waals surface area contributed by atoms with Gasteiger partial charge in [-0.1, -0.05) is 24.3 Å². The molecule has 0 spiro atoms. The highest BCUT2D eigenvalue weighted by Gasteiger charge is 2.30. The molecule has 0 bridgehead atoms. The number of fused-ring (bicyclic) bond motifs is 1. The maximum Gasteiger partial charge on any atom is 0.309 e. The van der Waals surface area contributed by atoms with Crippen LogP contribution in [0.15, 0.2) is 24.3 Å². The van der Waals surface area contributed by atoms with Crippen LogP contribution in [0.5, 0.6) is 0 Å². The molecule has 0 saturated heterocycles. The molecule has 0 heterocycles. The predicted octanol–water partition coefficient (Wildman–Crippen LogP) is 2.74. The quantitative estimate of drug-likeness (QED) is 0.585. The number of halogens is 1. The SMILES string of the molecule is COC(=O)[C@@H]1Cc2ccccc2[C@H](CCl)C1. The van der Waals surface area contributed by atoms with Gasteiger partial charge in [-0.05, 0) is 29.9 Å². The molecule has 2 nitrogen and oxygen atoms in total. The van der Waals surface area contributed by atoms with Crippen molar-refractivity contribution >= 4 is 17.6 Å². The molecule has 0 saturated carbocycles. The fourth-order valence-corrected chi connectivity index (χ4v) is 2.72. The Labute approximate surface area is 101 Å². The summed E-state index contributed by atoms with van der Waals surface area (Å²) in [7, 11) is 1.44. The largest absolute Gasteiger partial charge is 0.469 e. The summed E-state index contributed by atoms with van der Waals surface area (Å²) in [5.41, 5.74) is 2.52. The number of hydrogen-bond donors (Lipinski definition) is 0. The average Bonchev–Trinajstić information content (AvgIpc) is 2.36. The molecule has 86 valence electrons. The van der Waals surface area contributed by atoms with E-state index in [0.717, 1.165) is 12.8 Å². The number of carbonyl (C=O) groups excluding carboxylic acids is 1. The summed E-state index contributed by atoms with van der Waals surface area (Å²) in [5, 5.41) is 0. The van der Waals surface area contributed by atoms with Crippen molar-refractivity contribution in [2.45, 2.75) is 18.8 Å². The van der Waals surface area contributed by atoms with Crippen LogP contribution in [0.4, 0.5) is 0 Å². The first-order valence-corrected chi connectivity index (χ1v) is 6.01. The molecule has 2 atom stereocenters. The minimum atomic E-state index is -0.121. The monoisotopic (exact) mass is 238 g/mol. The number of rotatable bonds is 2. The minimum Gasteiger partial charge on any atom is -0.469 e. The van der Waals surface area contributed by atoms with E-state index in [-0.39, 0.29) is 17.8 Å². The summed E-state index contributed by atoms with van der Waals surface area (Å²) in [6.07, 6.45) is 1.57. The topological polar surface area (TPSA) is 26.3 Å². The summed E-state index contributed by atoms with van der Waals surface area (Å²) in [5.74, 6) is 0.675. The van der Waals surface area contributed by atoms with Gasteiger partial charge in [0.25, 0.3) is 0 Å². The number of hydrogen-bond acceptors (Lipinski definition) is 2. The Bertz CT molecular complexity index is 389. The van der Waals surface area contributed by atoms with Crippen LogP contribution in [-0.4, -0.2) is 19.0 Å². The lowest BCUT2D eigenvalue weighted by atomic mass is 9.77. The lowest BCUT2D eigenvalue weighted by Gasteiger charge is -2.28. The first-order chi connectivity index (χ1) is 7.76. The average molecular weight is 239 g/mol. The van der Waals surface area contributed by atoms with Crippen molar-refractivity contribution in [2.24, 2.45) is 5.92 Å². The third kappa shape index (κ3) is 2.07. The number of alkyl halides is 1. The molecule has 0 aliphatic heterocycles. The van der Waals surface area contributed by atoms with Gasteiger partial charge in [0.15, 0.2) is 0 Å². The second-order valence-electron chi connectivity index (χ2n) is 4.21. The Balaban J connectivity index is 2.28. The maximum absolute atomic E-state index is 11.6. The summed E-state index contributed by atoms with van der Waals surface area (Å²) in [6.45, 7) is 0. The normalized spacial score (nSPS) is 23.6. The summed E-state index contributed by atoms with van der Waals surface area (Å²) >= 11 is 5.97. The van der Waals surface area contributed by atoms with E-state index in [1.54, 1.807) is 0 Å². The first-order valence-electron chi connectivity index (χ1n) is 5.48. The molecule has 16 heavy (non-hydrogen) atoms. The lowest BCUT2D eigenvalue weighted by molar-refractivity contribution is -0.146. The summed E-state index contributed by atoms with van der Waals surface area (Å²) in [4.78, 5) is 11.6. The number of esters is 1. The number of ether oxygens (including phenoxy) is 1. The Kier molecular flexibility index (Phi) is 3.49. The van der Waals surface area contributed by atoms with Crippen LogP contribution < -0.4 is 0 Å². The zero-order valence-corrected chi connectivity index (χ0v) is 10.0. The van der Waals surface area contributed by atoms with E-state index in [4.69, 9.17) is 16.3 Å². The van der Waals surface area contributed by atoms with Gasteiger partial charge in [-0.3, -0.25) is 4.79 Å². The molecule has 1 aliphatic carbocycles. The van der Waals surface area contributed by atoms with E-state index < -0.39 is 0 Å². The highest BCUT2D eigenvalue weighted by Crippen LogP contribution is 2.35. The van der Waals surface area contributed by atoms with Crippen LogP contribution in [0.3, 0.4) is 0 Å². The number of methoxy groups -OCH3 is 1. The van der Waals surface area contributed by atoms with E-state index in [0.29, 0.717) is 5.88 Å². The van der Waals surface area contributed by atoms with Crippen LogP contribution in [0, 0.1) is 5.92 Å². The highest BCUT2D eigenvalue weighted by atomic mass is 35.5. The van der Waals surface area contributed by atoms with Crippen molar-refractivity contribution in [1.29, 1.82) is 0 Å². The fraction of sp³-hybridized carbons (Fsp3) is 0.462. The lowest BCUT2D eigenvalue weighted by Crippen LogP contribution is -2.27. The van der Waals surface area contributed by atoms with Gasteiger partial charge in [0.1, 0.15) is 0 Å². The van der Waals surface area contributed by atoms with Crippen LogP contribution >= 0.6 is 11.6 Å². The molecule has 1 aromatic carbocycles. The van der Waals surface area contributed by atoms with E-state index in [9.17, 15) is 4.79 Å². The highest BCUT2D eigenvalue weighted by molar-refractivity contribution is 6.18. The van der Waals surface area contributed by atoms with E-state index in [1.165, 1.54) is 18.2 Å². The Morgan fingerprint density at radius 3 is 2.94 bits per heavy atom. The molecule has 0 amide bonds. The predicted molar refractivity (Wildman–Crippen MR) is 63.7 cm³/mol. The van der Waals surface area contributed by atoms with Crippen molar-refractivity contribution in [1.82, 2.24) is 0 Å². The van der Waals surface area contributed by atoms with Crippen molar-refractivity contribution < 1.29 is 9.53 Å². The molecule has 0 fully saturated rings. The van der Waals surface area contributed by atoms with Gasteiger partial charge in [0.05, 0.1) is 13.0 Å². The second kappa shape index (κ2) is 4.88. The summed E-state index contributed by atoms with van der Waals surface area (Å²) < 4.78 is 4.82. The number of benzene rings is 1. The van der Waals surface area contributed by atoms with Gasteiger partial charge in [-0.2, -0.15) is 0 Å². The molecule has 2 rings (SSSR count). The van der Waals surface area contributed by atoms with E-state index >= 15 is 0 Å². The van der Waals surface area contributed by atoms with Gasteiger partial charge in [0, 0.05) is 5.88 Å². The van der Waals surface area contributed by atoms with Gasteiger partial charge in [-0.15, -0.1) is 11.6 Å². The Morgan fingerprint density at radius 1 is 1.50 bits per heavy atom. The van der Waals surface area contributed by atoms with Crippen LogP contribution in [0.25, 0.3) is 0 Å².